The summed E-state index contributed by atoms with van der Waals surface area (Å²) in [6, 6.07) is 13.4. The van der Waals surface area contributed by atoms with Gasteiger partial charge < -0.3 is 14.4 Å². The molecular formula is C22H20FN5O2. The highest BCUT2D eigenvalue weighted by molar-refractivity contribution is 5.98. The minimum Gasteiger partial charge on any atom is -0.368 e. The zero-order valence-electron chi connectivity index (χ0n) is 16.5. The van der Waals surface area contributed by atoms with Crippen molar-refractivity contribution in [1.29, 1.82) is 0 Å². The van der Waals surface area contributed by atoms with Crippen molar-refractivity contribution in [3.05, 3.63) is 76.6 Å². The van der Waals surface area contributed by atoms with Gasteiger partial charge in [-0.05, 0) is 42.5 Å². The summed E-state index contributed by atoms with van der Waals surface area (Å²) in [6.45, 7) is 2.41. The van der Waals surface area contributed by atoms with Crippen molar-refractivity contribution < 1.29 is 9.18 Å². The highest BCUT2D eigenvalue weighted by Gasteiger charge is 2.26. The van der Waals surface area contributed by atoms with Crippen molar-refractivity contribution in [2.24, 2.45) is 7.05 Å². The molecule has 5 rings (SSSR count). The first-order valence-corrected chi connectivity index (χ1v) is 9.79. The number of amides is 1. The Balaban J connectivity index is 1.42. The van der Waals surface area contributed by atoms with Gasteiger partial charge in [0.05, 0.1) is 5.39 Å². The minimum atomic E-state index is -0.263. The zero-order valence-corrected chi connectivity index (χ0v) is 16.5. The first-order chi connectivity index (χ1) is 14.5. The molecule has 1 aliphatic rings. The molecule has 8 heteroatoms. The summed E-state index contributed by atoms with van der Waals surface area (Å²) >= 11 is 0. The number of carbonyl (C=O) groups is 1. The van der Waals surface area contributed by atoms with Gasteiger partial charge in [-0.2, -0.15) is 0 Å². The van der Waals surface area contributed by atoms with Crippen molar-refractivity contribution in [2.45, 2.75) is 0 Å². The molecule has 0 radical (unpaired) electrons. The van der Waals surface area contributed by atoms with E-state index in [9.17, 15) is 14.0 Å². The molecule has 1 saturated heterocycles. The molecule has 0 saturated carbocycles. The van der Waals surface area contributed by atoms with Crippen molar-refractivity contribution in [3.8, 4) is 0 Å². The van der Waals surface area contributed by atoms with E-state index in [2.05, 4.69) is 9.88 Å². The third-order valence-corrected chi connectivity index (χ3v) is 5.69. The van der Waals surface area contributed by atoms with E-state index < -0.39 is 0 Å². The quantitative estimate of drug-likeness (QED) is 0.513. The smallest absolute Gasteiger partial charge is 0.270 e. The molecule has 0 N–H and O–H groups in total. The van der Waals surface area contributed by atoms with E-state index in [1.807, 2.05) is 6.07 Å². The van der Waals surface area contributed by atoms with Crippen LogP contribution in [0.1, 0.15) is 10.5 Å². The normalized spacial score (nSPS) is 14.6. The van der Waals surface area contributed by atoms with Crippen molar-refractivity contribution in [2.75, 3.05) is 31.1 Å². The number of aromatic nitrogens is 3. The van der Waals surface area contributed by atoms with Gasteiger partial charge in [0.25, 0.3) is 11.5 Å². The van der Waals surface area contributed by atoms with E-state index in [-0.39, 0.29) is 17.3 Å². The second-order valence-electron chi connectivity index (χ2n) is 7.43. The number of hydrogen-bond donors (Lipinski definition) is 0. The Hall–Kier alpha value is -3.68. The van der Waals surface area contributed by atoms with E-state index in [0.717, 1.165) is 5.69 Å². The number of rotatable bonds is 2. The summed E-state index contributed by atoms with van der Waals surface area (Å²) < 4.78 is 16.3. The Morgan fingerprint density at radius 2 is 1.77 bits per heavy atom. The third-order valence-electron chi connectivity index (χ3n) is 5.69. The number of carbonyl (C=O) groups excluding carboxylic acids is 1. The number of halogens is 1. The SMILES string of the molecule is Cn1c(C(=O)N2CCN(c3ccc(F)cc3)CC2)cc2c(=O)n3ccccc3nc21. The molecule has 1 aromatic carbocycles. The lowest BCUT2D eigenvalue weighted by Gasteiger charge is -2.36. The summed E-state index contributed by atoms with van der Waals surface area (Å²) in [5.41, 5.74) is 2.24. The number of anilines is 1. The summed E-state index contributed by atoms with van der Waals surface area (Å²) in [7, 11) is 1.76. The molecule has 4 heterocycles. The van der Waals surface area contributed by atoms with Gasteiger partial charge in [-0.1, -0.05) is 6.07 Å². The van der Waals surface area contributed by atoms with Gasteiger partial charge in [0.1, 0.15) is 22.8 Å². The maximum absolute atomic E-state index is 13.2. The predicted octanol–water partition coefficient (Wildman–Crippen LogP) is 2.29. The molecule has 7 nitrogen and oxygen atoms in total. The van der Waals surface area contributed by atoms with E-state index in [1.54, 1.807) is 53.0 Å². The van der Waals surface area contributed by atoms with Crippen LogP contribution in [0.25, 0.3) is 16.7 Å². The fourth-order valence-corrected chi connectivity index (χ4v) is 4.01. The number of benzene rings is 1. The molecule has 3 aromatic heterocycles. The number of pyridine rings is 1. The maximum atomic E-state index is 13.2. The van der Waals surface area contributed by atoms with Crippen LogP contribution in [-0.2, 0) is 7.05 Å². The number of aryl methyl sites for hydroxylation is 1. The highest BCUT2D eigenvalue weighted by Crippen LogP contribution is 2.20. The summed E-state index contributed by atoms with van der Waals surface area (Å²) in [4.78, 5) is 34.5. The van der Waals surface area contributed by atoms with Gasteiger partial charge in [0.2, 0.25) is 0 Å². The summed E-state index contributed by atoms with van der Waals surface area (Å²) in [6.07, 6.45) is 1.67. The lowest BCUT2D eigenvalue weighted by molar-refractivity contribution is 0.0737. The van der Waals surface area contributed by atoms with Crippen LogP contribution < -0.4 is 10.5 Å². The lowest BCUT2D eigenvalue weighted by atomic mass is 10.2. The second-order valence-corrected chi connectivity index (χ2v) is 7.43. The van der Waals surface area contributed by atoms with Crippen molar-refractivity contribution >= 4 is 28.3 Å². The molecule has 30 heavy (non-hydrogen) atoms. The van der Waals surface area contributed by atoms with Crippen LogP contribution in [0.15, 0.2) is 59.5 Å². The summed E-state index contributed by atoms with van der Waals surface area (Å²) in [5.74, 6) is -0.386. The summed E-state index contributed by atoms with van der Waals surface area (Å²) in [5, 5.41) is 0.425. The molecule has 1 aliphatic heterocycles. The average Bonchev–Trinajstić information content (AvgIpc) is 3.11. The molecule has 1 fully saturated rings. The topological polar surface area (TPSA) is 62.9 Å². The molecule has 1 amide bonds. The van der Waals surface area contributed by atoms with Gasteiger partial charge in [-0.25, -0.2) is 9.37 Å². The van der Waals surface area contributed by atoms with Crippen LogP contribution in [0.5, 0.6) is 0 Å². The molecule has 4 aromatic rings. The van der Waals surface area contributed by atoms with Gasteiger partial charge >= 0.3 is 0 Å². The monoisotopic (exact) mass is 405 g/mol. The number of fused-ring (bicyclic) bond motifs is 2. The molecule has 0 unspecified atom stereocenters. The van der Waals surface area contributed by atoms with Gasteiger partial charge in [-0.15, -0.1) is 0 Å². The Labute approximate surface area is 171 Å². The molecule has 0 atom stereocenters. The van der Waals surface area contributed by atoms with Crippen LogP contribution in [-0.4, -0.2) is 50.9 Å². The third kappa shape index (κ3) is 2.92. The van der Waals surface area contributed by atoms with Crippen LogP contribution in [0.4, 0.5) is 10.1 Å². The standard InChI is InChI=1S/C22H20FN5O2/c1-25-18(14-17-20(25)24-19-4-2-3-9-28(19)21(17)29)22(30)27-12-10-26(11-13-27)16-7-5-15(23)6-8-16/h2-9,14H,10-13H2,1H3. The molecule has 0 aliphatic carbocycles. The largest absolute Gasteiger partial charge is 0.368 e. The minimum absolute atomic E-state index is 0.122. The van der Waals surface area contributed by atoms with Crippen LogP contribution in [0, 0.1) is 5.82 Å². The van der Waals surface area contributed by atoms with Crippen molar-refractivity contribution in [1.82, 2.24) is 18.9 Å². The zero-order chi connectivity index (χ0) is 20.8. The predicted molar refractivity (Wildman–Crippen MR) is 112 cm³/mol. The average molecular weight is 405 g/mol. The number of piperazine rings is 1. The number of hydrogen-bond acceptors (Lipinski definition) is 4. The lowest BCUT2D eigenvalue weighted by Crippen LogP contribution is -2.49. The first-order valence-electron chi connectivity index (χ1n) is 9.79. The Kier molecular flexibility index (Phi) is 4.27. The van der Waals surface area contributed by atoms with E-state index in [0.29, 0.717) is 48.6 Å². The van der Waals surface area contributed by atoms with Crippen LogP contribution >= 0.6 is 0 Å². The number of nitrogens with zero attached hydrogens (tertiary/aromatic N) is 5. The fraction of sp³-hybridized carbons (Fsp3) is 0.227. The maximum Gasteiger partial charge on any atom is 0.270 e. The van der Waals surface area contributed by atoms with Crippen LogP contribution in [0.3, 0.4) is 0 Å². The Bertz CT molecular complexity index is 1320. The highest BCUT2D eigenvalue weighted by atomic mass is 19.1. The van der Waals surface area contributed by atoms with Gasteiger partial charge in [-0.3, -0.25) is 14.0 Å². The molecule has 0 bridgehead atoms. The molecular weight excluding hydrogens is 385 g/mol. The van der Waals surface area contributed by atoms with E-state index in [4.69, 9.17) is 0 Å². The van der Waals surface area contributed by atoms with Gasteiger partial charge in [0, 0.05) is 45.1 Å². The van der Waals surface area contributed by atoms with E-state index in [1.165, 1.54) is 16.5 Å². The van der Waals surface area contributed by atoms with Crippen LogP contribution in [0.2, 0.25) is 0 Å². The van der Waals surface area contributed by atoms with Crippen molar-refractivity contribution in [3.63, 3.8) is 0 Å². The Morgan fingerprint density at radius 1 is 1.03 bits per heavy atom. The molecule has 0 spiro atoms. The first kappa shape index (κ1) is 18.4. The fourth-order valence-electron chi connectivity index (χ4n) is 4.01. The Morgan fingerprint density at radius 3 is 2.50 bits per heavy atom. The van der Waals surface area contributed by atoms with Gasteiger partial charge in [0.15, 0.2) is 0 Å². The molecule has 152 valence electrons. The second kappa shape index (κ2) is 6.98. The van der Waals surface area contributed by atoms with E-state index >= 15 is 0 Å².